The molecule has 5 nitrogen and oxygen atoms in total. The smallest absolute Gasteiger partial charge is 0.320 e. The molecule has 2 amide bonds. The fourth-order valence-corrected chi connectivity index (χ4v) is 0.887. The summed E-state index contributed by atoms with van der Waals surface area (Å²) in [7, 11) is 0. The summed E-state index contributed by atoms with van der Waals surface area (Å²) < 4.78 is 0. The van der Waals surface area contributed by atoms with Crippen LogP contribution < -0.4 is 10.6 Å². The van der Waals surface area contributed by atoms with Crippen LogP contribution in [0.4, 0.5) is 10.6 Å². The van der Waals surface area contributed by atoms with Gasteiger partial charge in [-0.3, -0.25) is 10.4 Å². The van der Waals surface area contributed by atoms with Gasteiger partial charge in [-0.25, -0.2) is 4.79 Å². The fourth-order valence-electron chi connectivity index (χ4n) is 0.887. The molecule has 2 heterocycles. The third-order valence-electron chi connectivity index (χ3n) is 1.40. The Kier molecular flexibility index (Phi) is 0.913. The molecule has 1 aromatic rings. The second-order valence-electron chi connectivity index (χ2n) is 2.08. The van der Waals surface area contributed by atoms with E-state index in [9.17, 15) is 4.79 Å². The Balaban J connectivity index is 2.39. The molecule has 0 spiro atoms. The molecular formula is C5H6N4O. The van der Waals surface area contributed by atoms with E-state index in [1.54, 1.807) is 6.20 Å². The van der Waals surface area contributed by atoms with E-state index in [2.05, 4.69) is 20.8 Å². The lowest BCUT2D eigenvalue weighted by Gasteiger charge is -2.12. The zero-order chi connectivity index (χ0) is 6.97. The van der Waals surface area contributed by atoms with Crippen molar-refractivity contribution in [1.29, 1.82) is 0 Å². The average molecular weight is 138 g/mol. The molecule has 0 saturated heterocycles. The van der Waals surface area contributed by atoms with Crippen LogP contribution in [0.25, 0.3) is 0 Å². The summed E-state index contributed by atoms with van der Waals surface area (Å²) in [5.74, 6) is 0.698. The Morgan fingerprint density at radius 1 is 1.60 bits per heavy atom. The van der Waals surface area contributed by atoms with Crippen LogP contribution >= 0.6 is 0 Å². The van der Waals surface area contributed by atoms with Gasteiger partial charge >= 0.3 is 6.03 Å². The maximum Gasteiger partial charge on any atom is 0.320 e. The second kappa shape index (κ2) is 1.73. The van der Waals surface area contributed by atoms with Gasteiger partial charge < -0.3 is 5.32 Å². The van der Waals surface area contributed by atoms with Crippen LogP contribution in [0.2, 0.25) is 0 Å². The van der Waals surface area contributed by atoms with E-state index in [-0.39, 0.29) is 6.03 Å². The van der Waals surface area contributed by atoms with Crippen LogP contribution in [0, 0.1) is 0 Å². The van der Waals surface area contributed by atoms with Crippen molar-refractivity contribution in [3.05, 3.63) is 11.8 Å². The number of rotatable bonds is 0. The number of hydrogen-bond acceptors (Lipinski definition) is 2. The van der Waals surface area contributed by atoms with Crippen LogP contribution in [-0.4, -0.2) is 16.2 Å². The number of nitrogens with one attached hydrogen (secondary N) is 3. The van der Waals surface area contributed by atoms with E-state index in [0.717, 1.165) is 5.56 Å². The number of amides is 2. The number of urea groups is 1. The number of carbonyl (C=O) groups is 1. The van der Waals surface area contributed by atoms with Crippen molar-refractivity contribution in [2.75, 3.05) is 5.32 Å². The Morgan fingerprint density at radius 3 is 3.40 bits per heavy atom. The lowest BCUT2D eigenvalue weighted by molar-refractivity contribution is 0.251. The molecule has 0 radical (unpaired) electrons. The summed E-state index contributed by atoms with van der Waals surface area (Å²) in [6.07, 6.45) is 1.68. The molecule has 10 heavy (non-hydrogen) atoms. The number of carbonyl (C=O) groups excluding carboxylic acids is 1. The molecule has 0 aliphatic carbocycles. The maximum absolute atomic E-state index is 10.7. The standard InChI is InChI=1S/C5H6N4O/c10-5-6-1-3-2-7-9-4(3)8-5/h2H,1H2,(H3,6,7,8,9,10). The summed E-state index contributed by atoms with van der Waals surface area (Å²) in [6.45, 7) is 0.553. The molecule has 0 fully saturated rings. The van der Waals surface area contributed by atoms with Gasteiger partial charge in [-0.05, 0) is 0 Å². The Bertz CT molecular complexity index is 266. The third kappa shape index (κ3) is 0.637. The summed E-state index contributed by atoms with van der Waals surface area (Å²) in [5.41, 5.74) is 0.986. The average Bonchev–Trinajstić information content (AvgIpc) is 2.33. The minimum Gasteiger partial charge on any atom is -0.334 e. The molecule has 0 atom stereocenters. The predicted molar refractivity (Wildman–Crippen MR) is 34.4 cm³/mol. The molecule has 1 aliphatic heterocycles. The minimum absolute atomic E-state index is 0.184. The number of H-pyrrole nitrogens is 1. The molecule has 0 bridgehead atoms. The Morgan fingerprint density at radius 2 is 2.50 bits per heavy atom. The van der Waals surface area contributed by atoms with Crippen LogP contribution in [0.15, 0.2) is 6.20 Å². The van der Waals surface area contributed by atoms with Crippen molar-refractivity contribution >= 4 is 11.8 Å². The van der Waals surface area contributed by atoms with E-state index >= 15 is 0 Å². The predicted octanol–water partition coefficient (Wildman–Crippen LogP) is 0.0448. The highest BCUT2D eigenvalue weighted by Gasteiger charge is 2.13. The SMILES string of the molecule is O=C1NCc2cn[nH]c2N1. The number of anilines is 1. The van der Waals surface area contributed by atoms with Gasteiger partial charge in [0.15, 0.2) is 0 Å². The van der Waals surface area contributed by atoms with E-state index in [4.69, 9.17) is 0 Å². The molecular weight excluding hydrogens is 132 g/mol. The highest BCUT2D eigenvalue weighted by Crippen LogP contribution is 2.12. The molecule has 0 aromatic carbocycles. The molecule has 2 rings (SSSR count). The number of hydrogen-bond donors (Lipinski definition) is 3. The van der Waals surface area contributed by atoms with Gasteiger partial charge in [-0.15, -0.1) is 0 Å². The van der Waals surface area contributed by atoms with Gasteiger partial charge in [0.05, 0.1) is 6.20 Å². The summed E-state index contributed by atoms with van der Waals surface area (Å²) >= 11 is 0. The van der Waals surface area contributed by atoms with Gasteiger partial charge in [0, 0.05) is 12.1 Å². The number of aromatic amines is 1. The lowest BCUT2D eigenvalue weighted by Crippen LogP contribution is -2.32. The van der Waals surface area contributed by atoms with Gasteiger partial charge in [-0.1, -0.05) is 0 Å². The number of fused-ring (bicyclic) bond motifs is 1. The zero-order valence-corrected chi connectivity index (χ0v) is 5.14. The topological polar surface area (TPSA) is 69.8 Å². The molecule has 5 heteroatoms. The van der Waals surface area contributed by atoms with Crippen LogP contribution in [0.1, 0.15) is 5.56 Å². The Labute approximate surface area is 56.8 Å². The highest BCUT2D eigenvalue weighted by atomic mass is 16.2. The highest BCUT2D eigenvalue weighted by molar-refractivity contribution is 5.90. The molecule has 1 aromatic heterocycles. The first-order chi connectivity index (χ1) is 4.86. The largest absolute Gasteiger partial charge is 0.334 e. The van der Waals surface area contributed by atoms with Crippen molar-refractivity contribution in [3.63, 3.8) is 0 Å². The van der Waals surface area contributed by atoms with Gasteiger partial charge in [0.1, 0.15) is 5.82 Å². The van der Waals surface area contributed by atoms with Gasteiger partial charge in [0.25, 0.3) is 0 Å². The van der Waals surface area contributed by atoms with Gasteiger partial charge in [0.2, 0.25) is 0 Å². The minimum atomic E-state index is -0.184. The summed E-state index contributed by atoms with van der Waals surface area (Å²) in [5, 5.41) is 11.6. The third-order valence-corrected chi connectivity index (χ3v) is 1.40. The first kappa shape index (κ1) is 5.28. The fraction of sp³-hybridized carbons (Fsp3) is 0.200. The maximum atomic E-state index is 10.7. The van der Waals surface area contributed by atoms with Crippen LogP contribution in [-0.2, 0) is 6.54 Å². The molecule has 3 N–H and O–H groups in total. The zero-order valence-electron chi connectivity index (χ0n) is 5.14. The van der Waals surface area contributed by atoms with E-state index in [0.29, 0.717) is 12.4 Å². The Hall–Kier alpha value is -1.52. The monoisotopic (exact) mass is 138 g/mol. The van der Waals surface area contributed by atoms with Crippen LogP contribution in [0.5, 0.6) is 0 Å². The molecule has 0 saturated carbocycles. The van der Waals surface area contributed by atoms with Crippen molar-refractivity contribution in [3.8, 4) is 0 Å². The second-order valence-corrected chi connectivity index (χ2v) is 2.08. The number of aromatic nitrogens is 2. The first-order valence-electron chi connectivity index (χ1n) is 2.93. The van der Waals surface area contributed by atoms with Crippen molar-refractivity contribution in [1.82, 2.24) is 15.5 Å². The van der Waals surface area contributed by atoms with Crippen LogP contribution in [0.3, 0.4) is 0 Å². The normalized spacial score (nSPS) is 15.4. The summed E-state index contributed by atoms with van der Waals surface area (Å²) in [6, 6.07) is -0.184. The molecule has 0 unspecified atom stereocenters. The first-order valence-corrected chi connectivity index (χ1v) is 2.93. The van der Waals surface area contributed by atoms with E-state index in [1.807, 2.05) is 0 Å². The molecule has 52 valence electrons. The van der Waals surface area contributed by atoms with Crippen molar-refractivity contribution in [2.24, 2.45) is 0 Å². The van der Waals surface area contributed by atoms with Crippen molar-refractivity contribution < 1.29 is 4.79 Å². The quantitative estimate of drug-likeness (QED) is 0.474. The lowest BCUT2D eigenvalue weighted by atomic mass is 10.3. The van der Waals surface area contributed by atoms with E-state index in [1.165, 1.54) is 0 Å². The van der Waals surface area contributed by atoms with Crippen molar-refractivity contribution in [2.45, 2.75) is 6.54 Å². The molecule has 1 aliphatic rings. The van der Waals surface area contributed by atoms with E-state index < -0.39 is 0 Å². The van der Waals surface area contributed by atoms with Gasteiger partial charge in [-0.2, -0.15) is 5.10 Å². The number of nitrogens with zero attached hydrogens (tertiary/aromatic N) is 1. The summed E-state index contributed by atoms with van der Waals surface area (Å²) in [4.78, 5) is 10.7.